The largest absolute Gasteiger partial charge is 0.140 e. The molecule has 0 radical (unpaired) electrons. The minimum atomic E-state index is 1.05. The molecule has 2 aromatic carbocycles. The molecule has 21 heavy (non-hydrogen) atoms. The molecule has 1 heterocycles. The van der Waals surface area contributed by atoms with E-state index in [4.69, 9.17) is 0 Å². The first-order chi connectivity index (χ1) is 10.3. The molecule has 0 atom stereocenters. The lowest BCUT2D eigenvalue weighted by atomic mass is 9.97. The van der Waals surface area contributed by atoms with Crippen LogP contribution in [0, 0.1) is 6.92 Å². The summed E-state index contributed by atoms with van der Waals surface area (Å²) in [7, 11) is 0. The number of hydrogen-bond acceptors (Lipinski definition) is 1. The van der Waals surface area contributed by atoms with Gasteiger partial charge in [0, 0.05) is 16.2 Å². The average Bonchev–Trinajstić information content (AvgIpc) is 3.05. The Hall–Kier alpha value is -2.12. The summed E-state index contributed by atoms with van der Waals surface area (Å²) in [4.78, 5) is 2.86. The molecule has 0 aliphatic heterocycles. The number of aryl methyl sites for hydroxylation is 1. The second kappa shape index (κ2) is 5.01. The molecule has 0 saturated carbocycles. The van der Waals surface area contributed by atoms with Crippen LogP contribution in [0.2, 0.25) is 0 Å². The Bertz CT molecular complexity index is 808. The third-order valence-electron chi connectivity index (χ3n) is 4.09. The molecule has 102 valence electrons. The van der Waals surface area contributed by atoms with E-state index < -0.39 is 0 Å². The van der Waals surface area contributed by atoms with E-state index in [-0.39, 0.29) is 0 Å². The maximum Gasteiger partial charge on any atom is 0.0318 e. The molecule has 1 heteroatoms. The minimum absolute atomic E-state index is 1.05. The fraction of sp³-hybridized carbons (Fsp3) is 0.100. The van der Waals surface area contributed by atoms with Crippen molar-refractivity contribution in [1.82, 2.24) is 0 Å². The maximum absolute atomic E-state index is 2.37. The summed E-state index contributed by atoms with van der Waals surface area (Å²) < 4.78 is 0. The van der Waals surface area contributed by atoms with Crippen molar-refractivity contribution < 1.29 is 0 Å². The Balaban J connectivity index is 1.78. The van der Waals surface area contributed by atoms with Gasteiger partial charge in [-0.15, -0.1) is 11.3 Å². The highest BCUT2D eigenvalue weighted by Gasteiger charge is 2.22. The van der Waals surface area contributed by atoms with Gasteiger partial charge >= 0.3 is 0 Å². The van der Waals surface area contributed by atoms with Crippen LogP contribution in [0.4, 0.5) is 0 Å². The lowest BCUT2D eigenvalue weighted by molar-refractivity contribution is 1.33. The zero-order chi connectivity index (χ0) is 14.2. The first-order valence-corrected chi connectivity index (χ1v) is 8.08. The highest BCUT2D eigenvalue weighted by molar-refractivity contribution is 7.13. The molecule has 0 saturated heterocycles. The topological polar surface area (TPSA) is 0 Å². The third kappa shape index (κ3) is 2.14. The van der Waals surface area contributed by atoms with Crippen LogP contribution in [-0.2, 0) is 6.42 Å². The predicted molar refractivity (Wildman–Crippen MR) is 92.5 cm³/mol. The van der Waals surface area contributed by atoms with E-state index >= 15 is 0 Å². The number of rotatable bonds is 2. The van der Waals surface area contributed by atoms with E-state index in [1.165, 1.54) is 37.6 Å². The van der Waals surface area contributed by atoms with Gasteiger partial charge in [0.1, 0.15) is 0 Å². The van der Waals surface area contributed by atoms with Gasteiger partial charge in [-0.25, -0.2) is 0 Å². The van der Waals surface area contributed by atoms with Crippen molar-refractivity contribution in [3.05, 3.63) is 81.5 Å². The summed E-state index contributed by atoms with van der Waals surface area (Å²) in [6.45, 7) is 2.24. The maximum atomic E-state index is 2.37. The standard InChI is InChI=1S/C20H16S/c1-14-20(16-10-6-3-7-11-16)18-12-17(13-19(18)21-14)15-8-4-2-5-9-15/h2-11,13H,12H2,1H3. The van der Waals surface area contributed by atoms with Crippen LogP contribution in [0.5, 0.6) is 0 Å². The van der Waals surface area contributed by atoms with Gasteiger partial charge in [0.25, 0.3) is 0 Å². The van der Waals surface area contributed by atoms with E-state index in [1.54, 1.807) is 0 Å². The Morgan fingerprint density at radius 3 is 2.10 bits per heavy atom. The van der Waals surface area contributed by atoms with Gasteiger partial charge in [0.15, 0.2) is 0 Å². The molecular formula is C20H16S. The van der Waals surface area contributed by atoms with Crippen LogP contribution in [-0.4, -0.2) is 0 Å². The SMILES string of the molecule is Cc1sc2c(c1-c1ccccc1)CC(c1ccccc1)=C2. The molecule has 3 aromatic rings. The average molecular weight is 288 g/mol. The number of hydrogen-bond donors (Lipinski definition) is 0. The van der Waals surface area contributed by atoms with Crippen LogP contribution in [0.15, 0.2) is 60.7 Å². The van der Waals surface area contributed by atoms with Gasteiger partial charge in [0.2, 0.25) is 0 Å². The zero-order valence-electron chi connectivity index (χ0n) is 12.0. The molecule has 0 unspecified atom stereocenters. The molecule has 0 N–H and O–H groups in total. The molecule has 1 aliphatic rings. The Kier molecular flexibility index (Phi) is 3.01. The van der Waals surface area contributed by atoms with Gasteiger partial charge in [-0.2, -0.15) is 0 Å². The van der Waals surface area contributed by atoms with Crippen LogP contribution in [0.3, 0.4) is 0 Å². The van der Waals surface area contributed by atoms with Crippen molar-refractivity contribution in [3.63, 3.8) is 0 Å². The summed E-state index contributed by atoms with van der Waals surface area (Å²) in [5.74, 6) is 0. The van der Waals surface area contributed by atoms with Crippen LogP contribution in [0.1, 0.15) is 20.9 Å². The second-order valence-electron chi connectivity index (χ2n) is 5.45. The Morgan fingerprint density at radius 1 is 0.810 bits per heavy atom. The molecule has 4 rings (SSSR count). The summed E-state index contributed by atoms with van der Waals surface area (Å²) in [6.07, 6.45) is 3.42. The molecular weight excluding hydrogens is 272 g/mol. The zero-order valence-corrected chi connectivity index (χ0v) is 12.8. The summed E-state index contributed by atoms with van der Waals surface area (Å²) in [6, 6.07) is 21.5. The van der Waals surface area contributed by atoms with E-state index in [1.807, 2.05) is 11.3 Å². The van der Waals surface area contributed by atoms with E-state index in [2.05, 4.69) is 73.7 Å². The molecule has 0 nitrogen and oxygen atoms in total. The molecule has 0 fully saturated rings. The van der Waals surface area contributed by atoms with Gasteiger partial charge in [-0.1, -0.05) is 60.7 Å². The van der Waals surface area contributed by atoms with Gasteiger partial charge in [-0.3, -0.25) is 0 Å². The fourth-order valence-corrected chi connectivity index (χ4v) is 4.30. The first kappa shape index (κ1) is 12.6. The van der Waals surface area contributed by atoms with Crippen LogP contribution < -0.4 is 0 Å². The van der Waals surface area contributed by atoms with Crippen LogP contribution in [0.25, 0.3) is 22.8 Å². The lowest BCUT2D eigenvalue weighted by Crippen LogP contribution is -1.88. The van der Waals surface area contributed by atoms with E-state index in [9.17, 15) is 0 Å². The van der Waals surface area contributed by atoms with E-state index in [0.29, 0.717) is 0 Å². The number of benzene rings is 2. The van der Waals surface area contributed by atoms with Crippen molar-refractivity contribution in [3.8, 4) is 11.1 Å². The van der Waals surface area contributed by atoms with Gasteiger partial charge < -0.3 is 0 Å². The summed E-state index contributed by atoms with van der Waals surface area (Å²) in [5, 5.41) is 0. The normalized spacial score (nSPS) is 13.1. The monoisotopic (exact) mass is 288 g/mol. The Labute approximate surface area is 129 Å². The Morgan fingerprint density at radius 2 is 1.43 bits per heavy atom. The van der Waals surface area contributed by atoms with Crippen molar-refractivity contribution >= 4 is 23.0 Å². The molecule has 0 amide bonds. The second-order valence-corrected chi connectivity index (χ2v) is 6.71. The third-order valence-corrected chi connectivity index (χ3v) is 5.19. The van der Waals surface area contributed by atoms with Gasteiger partial charge in [-0.05, 0) is 40.8 Å². The van der Waals surface area contributed by atoms with Gasteiger partial charge in [0.05, 0.1) is 0 Å². The quantitative estimate of drug-likeness (QED) is 0.557. The lowest BCUT2D eigenvalue weighted by Gasteiger charge is -2.06. The molecule has 1 aromatic heterocycles. The van der Waals surface area contributed by atoms with Crippen molar-refractivity contribution in [1.29, 1.82) is 0 Å². The highest BCUT2D eigenvalue weighted by Crippen LogP contribution is 2.44. The van der Waals surface area contributed by atoms with Crippen molar-refractivity contribution in [2.24, 2.45) is 0 Å². The fourth-order valence-electron chi connectivity index (χ4n) is 3.13. The molecule has 1 aliphatic carbocycles. The number of thiophene rings is 1. The van der Waals surface area contributed by atoms with Crippen LogP contribution >= 0.6 is 11.3 Å². The van der Waals surface area contributed by atoms with E-state index in [0.717, 1.165) is 6.42 Å². The molecule has 0 bridgehead atoms. The number of allylic oxidation sites excluding steroid dienone is 1. The number of fused-ring (bicyclic) bond motifs is 1. The smallest absolute Gasteiger partial charge is 0.0318 e. The first-order valence-electron chi connectivity index (χ1n) is 7.26. The van der Waals surface area contributed by atoms with Crippen molar-refractivity contribution in [2.45, 2.75) is 13.3 Å². The van der Waals surface area contributed by atoms with Crippen molar-refractivity contribution in [2.75, 3.05) is 0 Å². The summed E-state index contributed by atoms with van der Waals surface area (Å²) >= 11 is 1.92. The minimum Gasteiger partial charge on any atom is -0.140 e. The predicted octanol–water partition coefficient (Wildman–Crippen LogP) is 5.82. The highest BCUT2D eigenvalue weighted by atomic mass is 32.1. The molecule has 0 spiro atoms. The summed E-state index contributed by atoms with van der Waals surface area (Å²) in [5.41, 5.74) is 7.07.